The average molecular weight is 516 g/mol. The molecule has 1 fully saturated rings. The largest absolute Gasteiger partial charge is 0.356 e. The van der Waals surface area contributed by atoms with Crippen molar-refractivity contribution < 1.29 is 9.53 Å². The van der Waals surface area contributed by atoms with Crippen molar-refractivity contribution >= 4 is 60.7 Å². The molecule has 2 N–H and O–H groups in total. The third-order valence-corrected chi connectivity index (χ3v) is 6.85. The van der Waals surface area contributed by atoms with Crippen LogP contribution in [-0.2, 0) is 11.8 Å². The summed E-state index contributed by atoms with van der Waals surface area (Å²) in [6.45, 7) is 2.70. The zero-order valence-electron chi connectivity index (χ0n) is 17.6. The first-order valence-corrected chi connectivity index (χ1v) is 11.9. The van der Waals surface area contributed by atoms with E-state index in [0.29, 0.717) is 20.4 Å². The maximum Gasteiger partial charge on any atom is 0.267 e. The molecule has 0 radical (unpaired) electrons. The van der Waals surface area contributed by atoms with E-state index in [1.807, 2.05) is 43.0 Å². The number of carbonyl (C=O) groups excluding carboxylic acids is 1. The quantitative estimate of drug-likeness (QED) is 0.388. The molecule has 0 bridgehead atoms. The Kier molecular flexibility index (Phi) is 5.70. The van der Waals surface area contributed by atoms with Crippen molar-refractivity contribution in [1.82, 2.24) is 24.5 Å². The van der Waals surface area contributed by atoms with Gasteiger partial charge in [0.25, 0.3) is 5.91 Å². The van der Waals surface area contributed by atoms with E-state index in [1.165, 1.54) is 11.3 Å². The lowest BCUT2D eigenvalue weighted by atomic mass is 10.1. The molecule has 1 aliphatic heterocycles. The van der Waals surface area contributed by atoms with Crippen molar-refractivity contribution in [3.8, 4) is 0 Å². The van der Waals surface area contributed by atoms with E-state index in [2.05, 4.69) is 41.7 Å². The highest BCUT2D eigenvalue weighted by Gasteiger charge is 2.23. The lowest BCUT2D eigenvalue weighted by Gasteiger charge is -2.23. The smallest absolute Gasteiger partial charge is 0.267 e. The second-order valence-corrected chi connectivity index (χ2v) is 9.47. The molecule has 4 aromatic rings. The van der Waals surface area contributed by atoms with E-state index < -0.39 is 0 Å². The Labute approximate surface area is 196 Å². The maximum atomic E-state index is 13.0. The van der Waals surface area contributed by atoms with Crippen molar-refractivity contribution in [2.75, 3.05) is 17.2 Å². The van der Waals surface area contributed by atoms with Gasteiger partial charge < -0.3 is 15.4 Å². The predicted octanol–water partition coefficient (Wildman–Crippen LogP) is 4.99. The van der Waals surface area contributed by atoms with Gasteiger partial charge in [-0.1, -0.05) is 17.4 Å². The van der Waals surface area contributed by atoms with Gasteiger partial charge in [0.2, 0.25) is 0 Å². The fourth-order valence-corrected chi connectivity index (χ4v) is 5.09. The van der Waals surface area contributed by atoms with Gasteiger partial charge in [-0.25, -0.2) is 9.67 Å². The van der Waals surface area contributed by atoms with Crippen LogP contribution in [0.2, 0.25) is 0 Å². The summed E-state index contributed by atoms with van der Waals surface area (Å²) in [4.78, 5) is 17.8. The second-order valence-electron chi connectivity index (χ2n) is 7.69. The summed E-state index contributed by atoms with van der Waals surface area (Å²) in [5.41, 5.74) is 2.60. The van der Waals surface area contributed by atoms with E-state index >= 15 is 0 Å². The van der Waals surface area contributed by atoms with Crippen LogP contribution in [0.1, 0.15) is 40.7 Å². The number of nitrogens with zero attached hydrogens (tertiary/aromatic N) is 5. The van der Waals surface area contributed by atoms with Crippen LogP contribution in [0, 0.1) is 6.92 Å². The van der Waals surface area contributed by atoms with Gasteiger partial charge in [0.1, 0.15) is 9.48 Å². The Balaban J connectivity index is 1.42. The van der Waals surface area contributed by atoms with Gasteiger partial charge in [0, 0.05) is 25.9 Å². The molecule has 32 heavy (non-hydrogen) atoms. The number of hydrogen-bond donors (Lipinski definition) is 2. The molecule has 166 valence electrons. The highest BCUT2D eigenvalue weighted by molar-refractivity contribution is 9.10. The van der Waals surface area contributed by atoms with E-state index in [1.54, 1.807) is 10.9 Å². The number of aromatic nitrogens is 5. The third-order valence-electron chi connectivity index (χ3n) is 5.39. The number of aryl methyl sites for hydroxylation is 2. The number of rotatable bonds is 5. The molecule has 11 heteroatoms. The molecule has 1 aliphatic rings. The molecule has 3 aromatic heterocycles. The number of anilines is 3. The van der Waals surface area contributed by atoms with Crippen LogP contribution in [0.3, 0.4) is 0 Å². The van der Waals surface area contributed by atoms with Crippen molar-refractivity contribution in [1.29, 1.82) is 0 Å². The van der Waals surface area contributed by atoms with E-state index in [9.17, 15) is 4.79 Å². The van der Waals surface area contributed by atoms with E-state index in [-0.39, 0.29) is 12.1 Å². The van der Waals surface area contributed by atoms with Crippen molar-refractivity contribution in [2.45, 2.75) is 32.4 Å². The Morgan fingerprint density at radius 1 is 1.28 bits per heavy atom. The summed E-state index contributed by atoms with van der Waals surface area (Å²) in [6, 6.07) is 5.86. The van der Waals surface area contributed by atoms with Gasteiger partial charge in [-0.15, -0.1) is 0 Å². The summed E-state index contributed by atoms with van der Waals surface area (Å²) in [6.07, 6.45) is 6.41. The summed E-state index contributed by atoms with van der Waals surface area (Å²) in [5.74, 6) is 0.455. The van der Waals surface area contributed by atoms with Gasteiger partial charge in [0.15, 0.2) is 17.2 Å². The standard InChI is InChI=1S/C21H22BrN7O2S/c1-12-6-7-13-17(19(22)27-29(13)16-5-3-4-10-31-16)18(12)25-20(30)14-11-23-21(32-14)24-15-8-9-28(2)26-15/h6-9,11,16H,3-5,10H2,1-2H3,(H,25,30)(H,23,24,26). The number of amides is 1. The second kappa shape index (κ2) is 8.64. The molecule has 0 aliphatic carbocycles. The minimum atomic E-state index is -0.222. The number of hydrogen-bond acceptors (Lipinski definition) is 7. The molecule has 1 saturated heterocycles. The third kappa shape index (κ3) is 4.03. The van der Waals surface area contributed by atoms with Crippen molar-refractivity contribution in [3.05, 3.63) is 45.6 Å². The van der Waals surface area contributed by atoms with Crippen LogP contribution < -0.4 is 10.6 Å². The number of fused-ring (bicyclic) bond motifs is 1. The minimum Gasteiger partial charge on any atom is -0.356 e. The Bertz CT molecular complexity index is 1290. The van der Waals surface area contributed by atoms with E-state index in [4.69, 9.17) is 4.74 Å². The summed E-state index contributed by atoms with van der Waals surface area (Å²) >= 11 is 4.86. The highest BCUT2D eigenvalue weighted by atomic mass is 79.9. The minimum absolute atomic E-state index is 0.0921. The zero-order chi connectivity index (χ0) is 22.2. The fourth-order valence-electron chi connectivity index (χ4n) is 3.79. The molecule has 9 nitrogen and oxygen atoms in total. The predicted molar refractivity (Wildman–Crippen MR) is 128 cm³/mol. The Morgan fingerprint density at radius 2 is 2.16 bits per heavy atom. The number of nitrogens with one attached hydrogen (secondary N) is 2. The van der Waals surface area contributed by atoms with Crippen molar-refractivity contribution in [2.24, 2.45) is 7.05 Å². The molecule has 1 amide bonds. The normalized spacial score (nSPS) is 16.4. The van der Waals surface area contributed by atoms with Crippen LogP contribution in [0.25, 0.3) is 10.9 Å². The molecule has 5 rings (SSSR count). The molecule has 4 heterocycles. The lowest BCUT2D eigenvalue weighted by Crippen LogP contribution is -2.19. The fraction of sp³-hybridized carbons (Fsp3) is 0.333. The first kappa shape index (κ1) is 21.1. The van der Waals surface area contributed by atoms with Gasteiger partial charge in [-0.3, -0.25) is 9.48 Å². The number of carbonyl (C=O) groups is 1. The molecule has 1 unspecified atom stereocenters. The number of benzene rings is 1. The summed E-state index contributed by atoms with van der Waals surface area (Å²) in [5, 5.41) is 16.6. The van der Waals surface area contributed by atoms with Crippen LogP contribution in [0.5, 0.6) is 0 Å². The monoisotopic (exact) mass is 515 g/mol. The highest BCUT2D eigenvalue weighted by Crippen LogP contribution is 2.37. The SMILES string of the molecule is Cc1ccc2c(c(Br)nn2C2CCCCO2)c1NC(=O)c1cnc(Nc2ccn(C)n2)s1. The lowest BCUT2D eigenvalue weighted by molar-refractivity contribution is -0.0368. The molecule has 1 atom stereocenters. The first-order valence-electron chi connectivity index (χ1n) is 10.3. The number of thiazole rings is 1. The average Bonchev–Trinajstić information content (AvgIpc) is 3.50. The molecular weight excluding hydrogens is 494 g/mol. The van der Waals surface area contributed by atoms with Crippen LogP contribution in [0.15, 0.2) is 35.2 Å². The summed E-state index contributed by atoms with van der Waals surface area (Å²) in [7, 11) is 1.84. The van der Waals surface area contributed by atoms with Gasteiger partial charge in [-0.05, 0) is 53.7 Å². The van der Waals surface area contributed by atoms with Crippen LogP contribution in [0.4, 0.5) is 16.6 Å². The topological polar surface area (TPSA) is 98.9 Å². The van der Waals surface area contributed by atoms with Crippen LogP contribution in [-0.4, -0.2) is 37.1 Å². The maximum absolute atomic E-state index is 13.0. The molecule has 0 saturated carbocycles. The van der Waals surface area contributed by atoms with Crippen LogP contribution >= 0.6 is 27.3 Å². The molecule has 1 aromatic carbocycles. The summed E-state index contributed by atoms with van der Waals surface area (Å²) < 4.78 is 10.2. The number of halogens is 1. The van der Waals surface area contributed by atoms with Crippen molar-refractivity contribution in [3.63, 3.8) is 0 Å². The first-order chi connectivity index (χ1) is 15.5. The Morgan fingerprint density at radius 3 is 2.91 bits per heavy atom. The van der Waals surface area contributed by atoms with Gasteiger partial charge >= 0.3 is 0 Å². The molecule has 0 spiro atoms. The Hall–Kier alpha value is -2.76. The molecular formula is C21H22BrN7O2S. The zero-order valence-corrected chi connectivity index (χ0v) is 20.0. The van der Waals surface area contributed by atoms with E-state index in [0.717, 1.165) is 48.0 Å². The van der Waals surface area contributed by atoms with Gasteiger partial charge in [-0.2, -0.15) is 10.2 Å². The van der Waals surface area contributed by atoms with Gasteiger partial charge in [0.05, 0.1) is 22.8 Å². The number of ether oxygens (including phenoxy) is 1.